The van der Waals surface area contributed by atoms with Gasteiger partial charge >= 0.3 is 0 Å². The van der Waals surface area contributed by atoms with E-state index >= 15 is 0 Å². The third-order valence-corrected chi connectivity index (χ3v) is 12.7. The van der Waals surface area contributed by atoms with E-state index in [4.69, 9.17) is 9.05 Å². The van der Waals surface area contributed by atoms with E-state index in [1.165, 1.54) is 180 Å². The second-order valence-corrected chi connectivity index (χ2v) is 20.3. The lowest BCUT2D eigenvalue weighted by Gasteiger charge is -2.30. The highest BCUT2D eigenvalue weighted by Crippen LogP contribution is 2.38. The normalized spacial score (nSPS) is 14.2. The molecule has 0 saturated carbocycles. The molecule has 0 heterocycles. The van der Waals surface area contributed by atoms with Crippen molar-refractivity contribution in [2.24, 2.45) is 0 Å². The second-order valence-electron chi connectivity index (χ2n) is 18.9. The number of nitrogens with one attached hydrogen (secondary N) is 1. The fourth-order valence-electron chi connectivity index (χ4n) is 7.68. The van der Waals surface area contributed by atoms with Crippen LogP contribution in [0.3, 0.4) is 0 Å². The van der Waals surface area contributed by atoms with Gasteiger partial charge in [-0.2, -0.15) is 0 Å². The SMILES string of the molecule is CCCCCCCCCC/C=C/CCCC[C@@H](O)[C@H](COP(=O)([O-])OCC[N+](C)(C)C)NC(=O)CCCCCCCCCCCCCCCCCCCCCCCCC. The predicted molar refractivity (Wildman–Crippen MR) is 252 cm³/mol. The van der Waals surface area contributed by atoms with Gasteiger partial charge in [-0.1, -0.05) is 219 Å². The highest BCUT2D eigenvalue weighted by molar-refractivity contribution is 7.45. The molecule has 0 aliphatic carbocycles. The molecule has 0 aliphatic heterocycles. The van der Waals surface area contributed by atoms with Crippen LogP contribution in [0.15, 0.2) is 12.2 Å². The Morgan fingerprint density at radius 1 is 0.576 bits per heavy atom. The Labute approximate surface area is 367 Å². The van der Waals surface area contributed by atoms with Gasteiger partial charge < -0.3 is 28.8 Å². The van der Waals surface area contributed by atoms with Crippen molar-refractivity contribution in [1.29, 1.82) is 0 Å². The maximum atomic E-state index is 12.9. The van der Waals surface area contributed by atoms with Crippen molar-refractivity contribution >= 4 is 13.7 Å². The third kappa shape index (κ3) is 45.1. The standard InChI is InChI=1S/C50H101N2O6P/c1-6-8-10-12-14-16-18-20-22-23-24-25-26-27-28-29-30-32-34-36-38-40-42-44-50(54)51-48(47-58-59(55,56)57-46-45-52(3,4)5)49(53)43-41-39-37-35-33-31-21-19-17-15-13-11-9-7-2/h33,35,48-49,53H,6-32,34,36-47H2,1-5H3,(H-,51,54,55,56)/b35-33+/t48-,49+/m0/s1. The lowest BCUT2D eigenvalue weighted by molar-refractivity contribution is -0.870. The monoisotopic (exact) mass is 857 g/mol. The minimum atomic E-state index is -4.57. The Bertz CT molecular complexity index is 974. The maximum Gasteiger partial charge on any atom is 0.268 e. The molecule has 0 rings (SSSR count). The summed E-state index contributed by atoms with van der Waals surface area (Å²) in [5.74, 6) is -0.170. The highest BCUT2D eigenvalue weighted by Gasteiger charge is 2.24. The molecule has 59 heavy (non-hydrogen) atoms. The summed E-state index contributed by atoms with van der Waals surface area (Å²) in [5.41, 5.74) is 0. The summed E-state index contributed by atoms with van der Waals surface area (Å²) in [4.78, 5) is 25.4. The summed E-state index contributed by atoms with van der Waals surface area (Å²) in [7, 11) is 1.30. The van der Waals surface area contributed by atoms with Crippen LogP contribution in [0.1, 0.15) is 251 Å². The van der Waals surface area contributed by atoms with Crippen LogP contribution in [-0.4, -0.2) is 68.5 Å². The fourth-order valence-corrected chi connectivity index (χ4v) is 8.41. The molecular weight excluding hydrogens is 756 g/mol. The van der Waals surface area contributed by atoms with Crippen molar-refractivity contribution in [3.63, 3.8) is 0 Å². The topological polar surface area (TPSA) is 108 Å². The Kier molecular flexibility index (Phi) is 42.0. The number of amides is 1. The Morgan fingerprint density at radius 3 is 1.32 bits per heavy atom. The number of allylic oxidation sites excluding steroid dienone is 2. The van der Waals surface area contributed by atoms with Crippen molar-refractivity contribution in [1.82, 2.24) is 5.32 Å². The van der Waals surface area contributed by atoms with Crippen LogP contribution in [0, 0.1) is 0 Å². The number of carbonyl (C=O) groups excluding carboxylic acids is 1. The van der Waals surface area contributed by atoms with Gasteiger partial charge in [0, 0.05) is 6.42 Å². The average Bonchev–Trinajstić information content (AvgIpc) is 3.19. The Balaban J connectivity index is 4.19. The fraction of sp³-hybridized carbons (Fsp3) is 0.940. The van der Waals surface area contributed by atoms with Crippen LogP contribution in [-0.2, 0) is 18.4 Å². The van der Waals surface area contributed by atoms with Gasteiger partial charge in [-0.05, 0) is 38.5 Å². The van der Waals surface area contributed by atoms with Gasteiger partial charge in [0.2, 0.25) is 5.91 Å². The number of carbonyl (C=O) groups is 1. The number of aliphatic hydroxyl groups excluding tert-OH is 1. The first kappa shape index (κ1) is 58.2. The Morgan fingerprint density at radius 2 is 0.932 bits per heavy atom. The van der Waals surface area contributed by atoms with E-state index < -0.39 is 20.0 Å². The molecule has 0 bridgehead atoms. The van der Waals surface area contributed by atoms with Gasteiger partial charge in [0.05, 0.1) is 39.9 Å². The lowest BCUT2D eigenvalue weighted by Crippen LogP contribution is -2.46. The van der Waals surface area contributed by atoms with Crippen LogP contribution >= 0.6 is 7.82 Å². The second kappa shape index (κ2) is 42.5. The van der Waals surface area contributed by atoms with E-state index in [1.54, 1.807) is 0 Å². The third-order valence-electron chi connectivity index (χ3n) is 11.8. The highest BCUT2D eigenvalue weighted by atomic mass is 31.2. The number of aliphatic hydroxyl groups is 1. The zero-order valence-electron chi connectivity index (χ0n) is 40.0. The molecule has 9 heteroatoms. The van der Waals surface area contributed by atoms with Gasteiger partial charge in [0.15, 0.2) is 0 Å². The van der Waals surface area contributed by atoms with Gasteiger partial charge in [-0.25, -0.2) is 0 Å². The van der Waals surface area contributed by atoms with Crippen LogP contribution in [0.4, 0.5) is 0 Å². The number of hydrogen-bond donors (Lipinski definition) is 2. The Hall–Kier alpha value is -0.760. The van der Waals surface area contributed by atoms with Crippen LogP contribution in [0.25, 0.3) is 0 Å². The smallest absolute Gasteiger partial charge is 0.268 e. The van der Waals surface area contributed by atoms with E-state index in [0.717, 1.165) is 44.9 Å². The van der Waals surface area contributed by atoms with Crippen molar-refractivity contribution in [2.75, 3.05) is 40.9 Å². The molecule has 0 aromatic carbocycles. The molecule has 2 N–H and O–H groups in total. The van der Waals surface area contributed by atoms with E-state index in [0.29, 0.717) is 23.9 Å². The largest absolute Gasteiger partial charge is 0.756 e. The first-order chi connectivity index (χ1) is 28.5. The summed E-state index contributed by atoms with van der Waals surface area (Å²) >= 11 is 0. The minimum Gasteiger partial charge on any atom is -0.756 e. The number of nitrogens with zero attached hydrogens (tertiary/aromatic N) is 1. The van der Waals surface area contributed by atoms with E-state index in [2.05, 4.69) is 31.3 Å². The molecule has 0 aliphatic rings. The number of hydrogen-bond acceptors (Lipinski definition) is 6. The molecule has 8 nitrogen and oxygen atoms in total. The molecule has 352 valence electrons. The number of unbranched alkanes of at least 4 members (excludes halogenated alkanes) is 32. The summed E-state index contributed by atoms with van der Waals surface area (Å²) in [6.45, 7) is 4.72. The summed E-state index contributed by atoms with van der Waals surface area (Å²) < 4.78 is 23.3. The number of rotatable bonds is 47. The number of likely N-dealkylation sites (N-methyl/N-ethyl adjacent to an activating group) is 1. The number of phosphoric ester groups is 1. The van der Waals surface area contributed by atoms with E-state index in [-0.39, 0.29) is 19.1 Å². The summed E-state index contributed by atoms with van der Waals surface area (Å²) in [5, 5.41) is 13.9. The van der Waals surface area contributed by atoms with Crippen LogP contribution in [0.2, 0.25) is 0 Å². The molecule has 0 radical (unpaired) electrons. The van der Waals surface area contributed by atoms with Gasteiger partial charge in [-0.15, -0.1) is 0 Å². The molecule has 0 saturated heterocycles. The maximum absolute atomic E-state index is 12.9. The molecule has 3 atom stereocenters. The van der Waals surface area contributed by atoms with Gasteiger partial charge in [0.25, 0.3) is 7.82 Å². The first-order valence-electron chi connectivity index (χ1n) is 25.5. The molecule has 1 amide bonds. The number of quaternary nitrogens is 1. The van der Waals surface area contributed by atoms with E-state index in [1.807, 2.05) is 21.1 Å². The quantitative estimate of drug-likeness (QED) is 0.0273. The van der Waals surface area contributed by atoms with Crippen molar-refractivity contribution in [2.45, 2.75) is 264 Å². The number of phosphoric acid groups is 1. The summed E-state index contributed by atoms with van der Waals surface area (Å²) in [6, 6.07) is -0.811. The molecule has 0 aromatic heterocycles. The van der Waals surface area contributed by atoms with Gasteiger partial charge in [-0.3, -0.25) is 9.36 Å². The minimum absolute atomic E-state index is 0.00988. The zero-order valence-corrected chi connectivity index (χ0v) is 40.9. The lowest BCUT2D eigenvalue weighted by atomic mass is 10.0. The van der Waals surface area contributed by atoms with Crippen LogP contribution in [0.5, 0.6) is 0 Å². The molecule has 1 unspecified atom stereocenters. The molecule has 0 fully saturated rings. The molecular formula is C50H101N2O6P. The van der Waals surface area contributed by atoms with Crippen molar-refractivity contribution in [3.8, 4) is 0 Å². The average molecular weight is 857 g/mol. The molecule has 0 spiro atoms. The van der Waals surface area contributed by atoms with Crippen LogP contribution < -0.4 is 10.2 Å². The summed E-state index contributed by atoms with van der Waals surface area (Å²) in [6.07, 6.45) is 49.5. The predicted octanol–water partition coefficient (Wildman–Crippen LogP) is 14.1. The van der Waals surface area contributed by atoms with Gasteiger partial charge in [0.1, 0.15) is 13.2 Å². The zero-order chi connectivity index (χ0) is 43.6. The molecule has 0 aromatic rings. The van der Waals surface area contributed by atoms with Crippen molar-refractivity contribution < 1.29 is 32.9 Å². The van der Waals surface area contributed by atoms with Crippen molar-refractivity contribution in [3.05, 3.63) is 12.2 Å². The van der Waals surface area contributed by atoms with E-state index in [9.17, 15) is 19.4 Å². The first-order valence-corrected chi connectivity index (χ1v) is 27.0.